The lowest BCUT2D eigenvalue weighted by Crippen LogP contribution is -2.47. The molecule has 0 spiro atoms. The predicted molar refractivity (Wildman–Crippen MR) is 81.2 cm³/mol. The summed E-state index contributed by atoms with van der Waals surface area (Å²) >= 11 is 0. The second-order valence-electron chi connectivity index (χ2n) is 6.10. The Labute approximate surface area is 131 Å². The molecule has 1 aromatic heterocycles. The topological polar surface area (TPSA) is 63.5 Å². The lowest BCUT2D eigenvalue weighted by molar-refractivity contribution is -0.130. The number of carbonyl (C=O) groups excluding carboxylic acids is 1. The molecular weight excluding hydrogens is 282 g/mol. The Morgan fingerprint density at radius 3 is 2.82 bits per heavy atom. The molecule has 0 radical (unpaired) electrons. The number of nitrogens with zero attached hydrogens (tertiary/aromatic N) is 5. The van der Waals surface area contributed by atoms with Crippen LogP contribution in [0.4, 0.5) is 0 Å². The van der Waals surface area contributed by atoms with Crippen LogP contribution in [0.2, 0.25) is 0 Å². The first-order valence-electron chi connectivity index (χ1n) is 8.21. The zero-order chi connectivity index (χ0) is 15.4. The maximum absolute atomic E-state index is 12.5. The third-order valence-electron chi connectivity index (χ3n) is 4.82. The van der Waals surface area contributed by atoms with Crippen LogP contribution in [0.1, 0.15) is 19.8 Å². The number of aromatic nitrogens is 3. The molecule has 0 aromatic carbocycles. The van der Waals surface area contributed by atoms with Crippen molar-refractivity contribution in [3.05, 3.63) is 12.4 Å². The molecule has 122 valence electrons. The van der Waals surface area contributed by atoms with E-state index in [0.29, 0.717) is 24.9 Å². The lowest BCUT2D eigenvalue weighted by atomic mass is 9.99. The molecule has 7 heteroatoms. The Bertz CT molecular complexity index is 472. The Balaban J connectivity index is 1.54. The quantitative estimate of drug-likeness (QED) is 0.779. The van der Waals surface area contributed by atoms with Crippen molar-refractivity contribution in [1.82, 2.24) is 24.8 Å². The SMILES string of the molecule is CC[C@@H]1CN(C(=O)CCn2ccnn2)C[C@H]1N1CCOCC1. The Hall–Kier alpha value is -1.47. The molecule has 1 aromatic rings. The number of amides is 1. The van der Waals surface area contributed by atoms with Crippen molar-refractivity contribution in [3.8, 4) is 0 Å². The number of rotatable bonds is 5. The van der Waals surface area contributed by atoms with Gasteiger partial charge in [-0.3, -0.25) is 14.4 Å². The molecule has 2 aliphatic heterocycles. The van der Waals surface area contributed by atoms with Gasteiger partial charge in [0.25, 0.3) is 0 Å². The van der Waals surface area contributed by atoms with E-state index in [1.165, 1.54) is 0 Å². The molecule has 0 saturated carbocycles. The van der Waals surface area contributed by atoms with Gasteiger partial charge in [0.15, 0.2) is 0 Å². The number of ether oxygens (including phenoxy) is 1. The standard InChI is InChI=1S/C15H25N5O2/c1-2-13-11-19(12-14(13)18-7-9-22-10-8-18)15(21)3-5-20-6-4-16-17-20/h4,6,13-14H,2-3,5,7-12H2,1H3/t13-,14-/m1/s1. The summed E-state index contributed by atoms with van der Waals surface area (Å²) in [6.07, 6.45) is 5.05. The molecule has 2 fully saturated rings. The molecule has 7 nitrogen and oxygen atoms in total. The van der Waals surface area contributed by atoms with Gasteiger partial charge >= 0.3 is 0 Å². The molecule has 0 aliphatic carbocycles. The van der Waals surface area contributed by atoms with Crippen LogP contribution in [-0.2, 0) is 16.1 Å². The molecular formula is C15H25N5O2. The average molecular weight is 307 g/mol. The molecule has 0 bridgehead atoms. The second kappa shape index (κ2) is 7.19. The van der Waals surface area contributed by atoms with E-state index < -0.39 is 0 Å². The van der Waals surface area contributed by atoms with E-state index in [2.05, 4.69) is 22.1 Å². The fourth-order valence-electron chi connectivity index (χ4n) is 3.50. The maximum atomic E-state index is 12.5. The molecule has 3 rings (SSSR count). The normalized spacial score (nSPS) is 26.5. The number of aryl methyl sites for hydroxylation is 1. The lowest BCUT2D eigenvalue weighted by Gasteiger charge is -2.34. The first kappa shape index (κ1) is 15.4. The number of carbonyl (C=O) groups is 1. The van der Waals surface area contributed by atoms with Crippen LogP contribution in [0.3, 0.4) is 0 Å². The van der Waals surface area contributed by atoms with Crippen LogP contribution < -0.4 is 0 Å². The highest BCUT2D eigenvalue weighted by Gasteiger charge is 2.37. The minimum absolute atomic E-state index is 0.227. The van der Waals surface area contributed by atoms with Crippen LogP contribution in [0.15, 0.2) is 12.4 Å². The van der Waals surface area contributed by atoms with Gasteiger partial charge in [0, 0.05) is 44.8 Å². The fourth-order valence-corrected chi connectivity index (χ4v) is 3.50. The second-order valence-corrected chi connectivity index (χ2v) is 6.10. The summed E-state index contributed by atoms with van der Waals surface area (Å²) < 4.78 is 7.16. The van der Waals surface area contributed by atoms with E-state index in [1.54, 1.807) is 17.1 Å². The van der Waals surface area contributed by atoms with Gasteiger partial charge in [-0.1, -0.05) is 18.6 Å². The van der Waals surface area contributed by atoms with Gasteiger partial charge in [0.1, 0.15) is 0 Å². The fraction of sp³-hybridized carbons (Fsp3) is 0.800. The van der Waals surface area contributed by atoms with Crippen molar-refractivity contribution in [3.63, 3.8) is 0 Å². The van der Waals surface area contributed by atoms with Gasteiger partial charge in [0.05, 0.1) is 26.0 Å². The first-order valence-corrected chi connectivity index (χ1v) is 8.21. The summed E-state index contributed by atoms with van der Waals surface area (Å²) in [6.45, 7) is 8.17. The van der Waals surface area contributed by atoms with Gasteiger partial charge in [-0.05, 0) is 5.92 Å². The first-order chi connectivity index (χ1) is 10.8. The van der Waals surface area contributed by atoms with Crippen molar-refractivity contribution in [2.75, 3.05) is 39.4 Å². The Morgan fingerprint density at radius 2 is 2.14 bits per heavy atom. The maximum Gasteiger partial charge on any atom is 0.224 e. The molecule has 22 heavy (non-hydrogen) atoms. The van der Waals surface area contributed by atoms with Gasteiger partial charge in [-0.2, -0.15) is 0 Å². The highest BCUT2D eigenvalue weighted by molar-refractivity contribution is 5.76. The number of hydrogen-bond acceptors (Lipinski definition) is 5. The van der Waals surface area contributed by atoms with E-state index in [1.807, 2.05) is 4.90 Å². The third kappa shape index (κ3) is 3.47. The monoisotopic (exact) mass is 307 g/mol. The summed E-state index contributed by atoms with van der Waals surface area (Å²) in [5, 5.41) is 7.67. The minimum atomic E-state index is 0.227. The van der Waals surface area contributed by atoms with Crippen LogP contribution in [0.5, 0.6) is 0 Å². The van der Waals surface area contributed by atoms with Gasteiger partial charge in [0.2, 0.25) is 5.91 Å². The van der Waals surface area contributed by atoms with Crippen LogP contribution in [0, 0.1) is 5.92 Å². The van der Waals surface area contributed by atoms with E-state index in [-0.39, 0.29) is 5.91 Å². The summed E-state index contributed by atoms with van der Waals surface area (Å²) in [5.74, 6) is 0.804. The van der Waals surface area contributed by atoms with Crippen molar-refractivity contribution in [2.24, 2.45) is 5.92 Å². The summed E-state index contributed by atoms with van der Waals surface area (Å²) in [6, 6.07) is 0.490. The molecule has 0 unspecified atom stereocenters. The largest absolute Gasteiger partial charge is 0.379 e. The van der Waals surface area contributed by atoms with Crippen LogP contribution in [-0.4, -0.2) is 76.1 Å². The van der Waals surface area contributed by atoms with E-state index in [4.69, 9.17) is 4.74 Å². The van der Waals surface area contributed by atoms with Gasteiger partial charge in [-0.25, -0.2) is 0 Å². The van der Waals surface area contributed by atoms with Crippen molar-refractivity contribution < 1.29 is 9.53 Å². The van der Waals surface area contributed by atoms with Crippen molar-refractivity contribution in [2.45, 2.75) is 32.4 Å². The van der Waals surface area contributed by atoms with Crippen LogP contribution in [0.25, 0.3) is 0 Å². The van der Waals surface area contributed by atoms with Gasteiger partial charge in [-0.15, -0.1) is 5.10 Å². The summed E-state index contributed by atoms with van der Waals surface area (Å²) in [5.41, 5.74) is 0. The van der Waals surface area contributed by atoms with Crippen molar-refractivity contribution in [1.29, 1.82) is 0 Å². The van der Waals surface area contributed by atoms with E-state index >= 15 is 0 Å². The Kier molecular flexibility index (Phi) is 5.04. The smallest absolute Gasteiger partial charge is 0.224 e. The zero-order valence-corrected chi connectivity index (χ0v) is 13.2. The number of morpholine rings is 1. The molecule has 3 heterocycles. The average Bonchev–Trinajstić information content (AvgIpc) is 3.22. The zero-order valence-electron chi connectivity index (χ0n) is 13.2. The molecule has 2 atom stereocenters. The molecule has 0 N–H and O–H groups in total. The number of hydrogen-bond donors (Lipinski definition) is 0. The van der Waals surface area contributed by atoms with E-state index in [9.17, 15) is 4.79 Å². The molecule has 2 aliphatic rings. The number of likely N-dealkylation sites (tertiary alicyclic amines) is 1. The third-order valence-corrected chi connectivity index (χ3v) is 4.82. The Morgan fingerprint density at radius 1 is 1.32 bits per heavy atom. The predicted octanol–water partition coefficient (Wildman–Crippen LogP) is 0.237. The minimum Gasteiger partial charge on any atom is -0.379 e. The molecule has 1 amide bonds. The van der Waals surface area contributed by atoms with E-state index in [0.717, 1.165) is 45.8 Å². The highest BCUT2D eigenvalue weighted by Crippen LogP contribution is 2.26. The van der Waals surface area contributed by atoms with Crippen molar-refractivity contribution >= 4 is 5.91 Å². The summed E-state index contributed by atoms with van der Waals surface area (Å²) in [4.78, 5) is 17.0. The van der Waals surface area contributed by atoms with Gasteiger partial charge < -0.3 is 9.64 Å². The summed E-state index contributed by atoms with van der Waals surface area (Å²) in [7, 11) is 0. The highest BCUT2D eigenvalue weighted by atomic mass is 16.5. The molecule has 2 saturated heterocycles. The van der Waals surface area contributed by atoms with Crippen LogP contribution >= 0.6 is 0 Å².